The minimum absolute atomic E-state index is 0.836. The largest absolute Gasteiger partial charge is 0.316 e. The van der Waals surface area contributed by atoms with Gasteiger partial charge in [0.2, 0.25) is 0 Å². The monoisotopic (exact) mass is 253 g/mol. The zero-order chi connectivity index (χ0) is 12.1. The molecular formula is C13H23N3S. The summed E-state index contributed by atoms with van der Waals surface area (Å²) in [6, 6.07) is 0. The molecule has 0 radical (unpaired) electrons. The van der Waals surface area contributed by atoms with Crippen molar-refractivity contribution in [3.63, 3.8) is 0 Å². The van der Waals surface area contributed by atoms with Gasteiger partial charge in [0, 0.05) is 17.6 Å². The number of nitrogens with zero attached hydrogens (tertiary/aromatic N) is 2. The number of aryl methyl sites for hydroxylation is 1. The van der Waals surface area contributed by atoms with Gasteiger partial charge in [0.25, 0.3) is 0 Å². The second-order valence-electron chi connectivity index (χ2n) is 4.96. The predicted molar refractivity (Wildman–Crippen MR) is 73.4 cm³/mol. The van der Waals surface area contributed by atoms with E-state index in [1.807, 2.05) is 17.5 Å². The van der Waals surface area contributed by atoms with Gasteiger partial charge in [0.15, 0.2) is 0 Å². The van der Waals surface area contributed by atoms with Crippen molar-refractivity contribution in [1.29, 1.82) is 0 Å². The van der Waals surface area contributed by atoms with Crippen molar-refractivity contribution in [2.24, 2.45) is 5.92 Å². The lowest BCUT2D eigenvalue weighted by atomic mass is 10.1. The fourth-order valence-electron chi connectivity index (χ4n) is 2.37. The Hall–Kier alpha value is -0.450. The van der Waals surface area contributed by atoms with Crippen molar-refractivity contribution in [3.05, 3.63) is 16.1 Å². The number of rotatable bonds is 6. The molecule has 17 heavy (non-hydrogen) atoms. The fraction of sp³-hybridized carbons (Fsp3) is 0.769. The van der Waals surface area contributed by atoms with Crippen molar-refractivity contribution < 1.29 is 0 Å². The normalized spacial score (nSPS) is 21.2. The van der Waals surface area contributed by atoms with E-state index in [0.29, 0.717) is 0 Å². The van der Waals surface area contributed by atoms with Gasteiger partial charge in [0.1, 0.15) is 5.01 Å². The summed E-state index contributed by atoms with van der Waals surface area (Å²) in [6.45, 7) is 10.2. The quantitative estimate of drug-likeness (QED) is 0.788. The highest BCUT2D eigenvalue weighted by atomic mass is 32.1. The molecule has 1 fully saturated rings. The van der Waals surface area contributed by atoms with E-state index < -0.39 is 0 Å². The second kappa shape index (κ2) is 6.47. The fourth-order valence-corrected chi connectivity index (χ4v) is 3.20. The van der Waals surface area contributed by atoms with E-state index in [1.165, 1.54) is 42.4 Å². The van der Waals surface area contributed by atoms with Crippen LogP contribution in [0.15, 0.2) is 6.20 Å². The molecule has 0 spiro atoms. The van der Waals surface area contributed by atoms with Gasteiger partial charge in [-0.05, 0) is 45.3 Å². The molecule has 96 valence electrons. The highest BCUT2D eigenvalue weighted by Crippen LogP contribution is 2.20. The molecule has 0 aliphatic carbocycles. The van der Waals surface area contributed by atoms with Gasteiger partial charge >= 0.3 is 0 Å². The summed E-state index contributed by atoms with van der Waals surface area (Å²) in [4.78, 5) is 8.30. The average Bonchev–Trinajstić information content (AvgIpc) is 2.90. The summed E-state index contributed by atoms with van der Waals surface area (Å²) < 4.78 is 0. The molecule has 0 bridgehead atoms. The second-order valence-corrected chi connectivity index (χ2v) is 6.28. The Balaban J connectivity index is 1.70. The molecule has 2 heterocycles. The number of nitrogens with one attached hydrogen (secondary N) is 1. The maximum Gasteiger partial charge on any atom is 0.107 e. The number of hydrogen-bond donors (Lipinski definition) is 1. The number of hydrogen-bond acceptors (Lipinski definition) is 4. The Morgan fingerprint density at radius 2 is 2.47 bits per heavy atom. The van der Waals surface area contributed by atoms with Crippen molar-refractivity contribution in [3.8, 4) is 0 Å². The van der Waals surface area contributed by atoms with Crippen LogP contribution in [-0.4, -0.2) is 36.1 Å². The molecule has 3 nitrogen and oxygen atoms in total. The van der Waals surface area contributed by atoms with Crippen LogP contribution in [0.2, 0.25) is 0 Å². The van der Waals surface area contributed by atoms with E-state index in [4.69, 9.17) is 0 Å². The van der Waals surface area contributed by atoms with Crippen molar-refractivity contribution in [2.75, 3.05) is 26.2 Å². The van der Waals surface area contributed by atoms with Crippen LogP contribution in [0.3, 0.4) is 0 Å². The highest BCUT2D eigenvalue weighted by Gasteiger charge is 2.22. The lowest BCUT2D eigenvalue weighted by molar-refractivity contribution is 0.314. The Morgan fingerprint density at radius 1 is 1.59 bits per heavy atom. The van der Waals surface area contributed by atoms with E-state index in [0.717, 1.165) is 19.0 Å². The highest BCUT2D eigenvalue weighted by molar-refractivity contribution is 7.11. The Labute approximate surface area is 108 Å². The third kappa shape index (κ3) is 4.05. The smallest absolute Gasteiger partial charge is 0.107 e. The Kier molecular flexibility index (Phi) is 4.95. The molecule has 1 N–H and O–H groups in total. The first-order valence-electron chi connectivity index (χ1n) is 6.62. The molecule has 1 unspecified atom stereocenters. The van der Waals surface area contributed by atoms with Gasteiger partial charge in [-0.25, -0.2) is 4.98 Å². The van der Waals surface area contributed by atoms with Gasteiger partial charge in [-0.15, -0.1) is 11.3 Å². The first-order valence-corrected chi connectivity index (χ1v) is 7.44. The van der Waals surface area contributed by atoms with Gasteiger partial charge < -0.3 is 5.32 Å². The van der Waals surface area contributed by atoms with Crippen LogP contribution < -0.4 is 5.32 Å². The molecule has 1 saturated heterocycles. The topological polar surface area (TPSA) is 28.2 Å². The summed E-state index contributed by atoms with van der Waals surface area (Å²) in [5.41, 5.74) is 0. The van der Waals surface area contributed by atoms with Gasteiger partial charge in [0.05, 0.1) is 6.54 Å². The van der Waals surface area contributed by atoms with E-state index in [9.17, 15) is 0 Å². The molecule has 4 heteroatoms. The van der Waals surface area contributed by atoms with Crippen LogP contribution in [0.1, 0.15) is 29.7 Å². The standard InChI is InChI=1S/C13H23N3S/c1-3-5-14-8-12-4-6-16(9-12)10-13-15-7-11(2)17-13/h7,12,14H,3-6,8-10H2,1-2H3. The third-order valence-corrected chi connectivity index (χ3v) is 4.16. The third-order valence-electron chi connectivity index (χ3n) is 3.26. The zero-order valence-corrected chi connectivity index (χ0v) is 11.7. The van der Waals surface area contributed by atoms with E-state index in [2.05, 4.69) is 29.0 Å². The molecule has 0 aromatic carbocycles. The Morgan fingerprint density at radius 3 is 3.18 bits per heavy atom. The minimum atomic E-state index is 0.836. The maximum atomic E-state index is 4.44. The molecular weight excluding hydrogens is 230 g/mol. The molecule has 0 saturated carbocycles. The van der Waals surface area contributed by atoms with Crippen molar-refractivity contribution in [2.45, 2.75) is 33.2 Å². The number of thiazole rings is 1. The summed E-state index contributed by atoms with van der Waals surface area (Å²) >= 11 is 1.83. The number of likely N-dealkylation sites (tertiary alicyclic amines) is 1. The summed E-state index contributed by atoms with van der Waals surface area (Å²) in [5, 5.41) is 4.79. The molecule has 1 aliphatic rings. The lowest BCUT2D eigenvalue weighted by Gasteiger charge is -2.14. The summed E-state index contributed by atoms with van der Waals surface area (Å²) in [6.07, 6.45) is 4.55. The van der Waals surface area contributed by atoms with Crippen LogP contribution in [0, 0.1) is 12.8 Å². The average molecular weight is 253 g/mol. The molecule has 0 amide bonds. The molecule has 1 aliphatic heterocycles. The van der Waals surface area contributed by atoms with Crippen LogP contribution in [0.25, 0.3) is 0 Å². The summed E-state index contributed by atoms with van der Waals surface area (Å²) in [7, 11) is 0. The zero-order valence-electron chi connectivity index (χ0n) is 10.9. The van der Waals surface area contributed by atoms with E-state index in [1.54, 1.807) is 0 Å². The van der Waals surface area contributed by atoms with Crippen LogP contribution in [0.5, 0.6) is 0 Å². The lowest BCUT2D eigenvalue weighted by Crippen LogP contribution is -2.26. The van der Waals surface area contributed by atoms with E-state index >= 15 is 0 Å². The van der Waals surface area contributed by atoms with Crippen LogP contribution in [-0.2, 0) is 6.54 Å². The first-order chi connectivity index (χ1) is 8.28. The minimum Gasteiger partial charge on any atom is -0.316 e. The number of aromatic nitrogens is 1. The molecule has 2 rings (SSSR count). The van der Waals surface area contributed by atoms with Gasteiger partial charge in [-0.1, -0.05) is 6.92 Å². The van der Waals surface area contributed by atoms with E-state index in [-0.39, 0.29) is 0 Å². The van der Waals surface area contributed by atoms with Crippen LogP contribution in [0.4, 0.5) is 0 Å². The SMILES string of the molecule is CCCNCC1CCN(Cc2ncc(C)s2)C1. The summed E-state index contributed by atoms with van der Waals surface area (Å²) in [5.74, 6) is 0.836. The van der Waals surface area contributed by atoms with Gasteiger partial charge in [-0.2, -0.15) is 0 Å². The van der Waals surface area contributed by atoms with Crippen molar-refractivity contribution in [1.82, 2.24) is 15.2 Å². The molecule has 1 aromatic rings. The van der Waals surface area contributed by atoms with Crippen molar-refractivity contribution >= 4 is 11.3 Å². The molecule has 1 aromatic heterocycles. The first kappa shape index (κ1) is 13.0. The predicted octanol–water partition coefficient (Wildman–Crippen LogP) is 2.27. The maximum absolute atomic E-state index is 4.44. The molecule has 1 atom stereocenters. The Bertz CT molecular complexity index is 337. The van der Waals surface area contributed by atoms with Gasteiger partial charge in [-0.3, -0.25) is 4.90 Å². The van der Waals surface area contributed by atoms with Crippen LogP contribution >= 0.6 is 11.3 Å².